The number of thioether (sulfide) groups is 1. The normalized spacial score (nSPS) is 12.6. The van der Waals surface area contributed by atoms with Crippen LogP contribution in [0.3, 0.4) is 0 Å². The van der Waals surface area contributed by atoms with Crippen LogP contribution in [0.4, 0.5) is 11.4 Å². The number of anilines is 2. The molecule has 1 aliphatic carbocycles. The minimum Gasteiger partial charge on any atom is -0.497 e. The van der Waals surface area contributed by atoms with Crippen molar-refractivity contribution in [3.05, 3.63) is 160 Å². The summed E-state index contributed by atoms with van der Waals surface area (Å²) in [6.45, 7) is 1.72. The summed E-state index contributed by atoms with van der Waals surface area (Å²) < 4.78 is 5.23. The molecule has 6 rings (SSSR count). The number of ether oxygens (including phenoxy) is 1. The maximum atomic E-state index is 13.6. The maximum Gasteiger partial charge on any atom is 0.272 e. The fourth-order valence-electron chi connectivity index (χ4n) is 5.40. The van der Waals surface area contributed by atoms with E-state index < -0.39 is 17.1 Å². The van der Waals surface area contributed by atoms with Crippen molar-refractivity contribution in [2.75, 3.05) is 17.7 Å². The molecule has 1 unspecified atom stereocenters. The molecular weight excluding hydrogens is 651 g/mol. The summed E-state index contributed by atoms with van der Waals surface area (Å²) in [5, 5.41) is 7.79. The Morgan fingerprint density at radius 1 is 0.720 bits per heavy atom. The summed E-state index contributed by atoms with van der Waals surface area (Å²) >= 11 is 1.25. The predicted molar refractivity (Wildman–Crippen MR) is 194 cm³/mol. The van der Waals surface area contributed by atoms with E-state index in [4.69, 9.17) is 4.74 Å². The molecule has 10 heteroatoms. The zero-order valence-corrected chi connectivity index (χ0v) is 27.9. The second-order valence-electron chi connectivity index (χ2n) is 11.3. The van der Waals surface area contributed by atoms with Gasteiger partial charge in [0.1, 0.15) is 11.4 Å². The molecule has 50 heavy (non-hydrogen) atoms. The van der Waals surface area contributed by atoms with Crippen molar-refractivity contribution in [2.45, 2.75) is 17.1 Å². The monoisotopic (exact) mass is 681 g/mol. The summed E-state index contributed by atoms with van der Waals surface area (Å²) in [5.74, 6) is -1.31. The summed E-state index contributed by atoms with van der Waals surface area (Å²) in [6, 6.07) is 34.0. The van der Waals surface area contributed by atoms with Crippen molar-refractivity contribution in [1.29, 1.82) is 0 Å². The molecule has 0 radical (unpaired) electrons. The van der Waals surface area contributed by atoms with Crippen LogP contribution >= 0.6 is 11.8 Å². The van der Waals surface area contributed by atoms with E-state index in [2.05, 4.69) is 16.0 Å². The van der Waals surface area contributed by atoms with Crippen LogP contribution in [0, 0.1) is 0 Å². The second kappa shape index (κ2) is 14.9. The van der Waals surface area contributed by atoms with Crippen LogP contribution in [0.1, 0.15) is 54.7 Å². The van der Waals surface area contributed by atoms with Gasteiger partial charge in [-0.25, -0.2) is 0 Å². The number of carbonyl (C=O) groups excluding carboxylic acids is 5. The Bertz CT molecular complexity index is 2160. The maximum absolute atomic E-state index is 13.6. The van der Waals surface area contributed by atoms with Crippen molar-refractivity contribution in [3.8, 4) is 5.75 Å². The number of rotatable bonds is 10. The molecule has 0 aromatic heterocycles. The van der Waals surface area contributed by atoms with Gasteiger partial charge in [0.2, 0.25) is 5.91 Å². The molecule has 0 bridgehead atoms. The number of amides is 3. The lowest BCUT2D eigenvalue weighted by Crippen LogP contribution is -2.30. The Labute approximate surface area is 292 Å². The van der Waals surface area contributed by atoms with Gasteiger partial charge in [0, 0.05) is 32.8 Å². The van der Waals surface area contributed by atoms with E-state index in [9.17, 15) is 24.0 Å². The van der Waals surface area contributed by atoms with E-state index in [-0.39, 0.29) is 40.0 Å². The summed E-state index contributed by atoms with van der Waals surface area (Å²) in [7, 11) is 1.56. The molecule has 5 aromatic carbocycles. The van der Waals surface area contributed by atoms with Gasteiger partial charge in [-0.05, 0) is 67.1 Å². The van der Waals surface area contributed by atoms with Crippen LogP contribution in [-0.2, 0) is 9.59 Å². The molecular formula is C40H31N3O6S. The number of nitrogens with one attached hydrogen (secondary N) is 3. The fraction of sp³-hybridized carbons (Fsp3) is 0.0750. The lowest BCUT2D eigenvalue weighted by atomic mass is 9.83. The number of hydrogen-bond acceptors (Lipinski definition) is 7. The van der Waals surface area contributed by atoms with Gasteiger partial charge in [0.15, 0.2) is 11.6 Å². The molecule has 3 amide bonds. The molecule has 0 heterocycles. The van der Waals surface area contributed by atoms with E-state index in [1.54, 1.807) is 141 Å². The van der Waals surface area contributed by atoms with Gasteiger partial charge in [0.25, 0.3) is 11.8 Å². The molecule has 1 atom stereocenters. The Balaban J connectivity index is 1.16. The number of carbonyl (C=O) groups is 5. The van der Waals surface area contributed by atoms with Crippen LogP contribution in [0.15, 0.2) is 132 Å². The third-order valence-corrected chi connectivity index (χ3v) is 9.03. The largest absolute Gasteiger partial charge is 0.497 e. The molecule has 1 aliphatic rings. The molecule has 3 N–H and O–H groups in total. The van der Waals surface area contributed by atoms with E-state index in [1.807, 2.05) is 0 Å². The van der Waals surface area contributed by atoms with Crippen molar-refractivity contribution in [1.82, 2.24) is 5.32 Å². The lowest BCUT2D eigenvalue weighted by Gasteiger charge is -2.21. The van der Waals surface area contributed by atoms with Crippen molar-refractivity contribution >= 4 is 58.5 Å². The highest BCUT2D eigenvalue weighted by Crippen LogP contribution is 2.33. The molecule has 0 spiro atoms. The fourth-order valence-corrected chi connectivity index (χ4v) is 6.32. The van der Waals surface area contributed by atoms with E-state index in [0.717, 1.165) is 0 Å². The van der Waals surface area contributed by atoms with E-state index >= 15 is 0 Å². The number of hydrogen-bond donors (Lipinski definition) is 3. The Hall–Kier alpha value is -6.26. The van der Waals surface area contributed by atoms with Gasteiger partial charge in [-0.2, -0.15) is 0 Å². The number of ketones is 2. The highest BCUT2D eigenvalue weighted by atomic mass is 32.2. The van der Waals surface area contributed by atoms with Gasteiger partial charge >= 0.3 is 0 Å². The molecule has 9 nitrogen and oxygen atoms in total. The molecule has 248 valence electrons. The summed E-state index contributed by atoms with van der Waals surface area (Å²) in [5.41, 5.74) is 2.86. The minimum atomic E-state index is -0.617. The minimum absolute atomic E-state index is 0.0247. The first-order valence-corrected chi connectivity index (χ1v) is 16.5. The van der Waals surface area contributed by atoms with Gasteiger partial charge in [-0.3, -0.25) is 24.0 Å². The predicted octanol–water partition coefficient (Wildman–Crippen LogP) is 7.00. The van der Waals surface area contributed by atoms with Gasteiger partial charge in [0.05, 0.1) is 23.6 Å². The second-order valence-corrected chi connectivity index (χ2v) is 12.7. The summed E-state index contributed by atoms with van der Waals surface area (Å²) in [6.07, 6.45) is 1.57. The highest BCUT2D eigenvalue weighted by Gasteiger charge is 2.32. The Morgan fingerprint density at radius 2 is 1.38 bits per heavy atom. The van der Waals surface area contributed by atoms with Crippen LogP contribution in [0.25, 0.3) is 6.08 Å². The van der Waals surface area contributed by atoms with Crippen LogP contribution in [0.5, 0.6) is 5.75 Å². The molecule has 0 saturated heterocycles. The average molecular weight is 682 g/mol. The molecule has 0 aliphatic heterocycles. The quantitative estimate of drug-likeness (QED) is 0.105. The Morgan fingerprint density at radius 3 is 2.10 bits per heavy atom. The van der Waals surface area contributed by atoms with Gasteiger partial charge in [-0.15, -0.1) is 11.8 Å². The standard InChI is InChI=1S/C40H31N3O6S/c1-24(38(46)42-33-17-9-16-32-35(33)37(45)31-15-7-6-14-30(31)36(32)44)50-29-13-8-12-27(23-29)41-40(48)34(22-25-18-20-28(49-2)21-19-25)43-39(47)26-10-4-3-5-11-26/h3-24H,1-2H3,(H,41,48)(H,42,46)(H,43,47)/b34-22+. The number of fused-ring (bicyclic) bond motifs is 2. The third kappa shape index (κ3) is 7.40. The Kier molecular flexibility index (Phi) is 10.0. The summed E-state index contributed by atoms with van der Waals surface area (Å²) in [4.78, 5) is 67.1. The number of benzene rings is 5. The third-order valence-electron chi connectivity index (χ3n) is 7.94. The van der Waals surface area contributed by atoms with Crippen LogP contribution in [-0.4, -0.2) is 41.6 Å². The first-order valence-electron chi connectivity index (χ1n) is 15.6. The highest BCUT2D eigenvalue weighted by molar-refractivity contribution is 8.00. The van der Waals surface area contributed by atoms with E-state index in [1.165, 1.54) is 11.8 Å². The molecule has 0 saturated carbocycles. The molecule has 0 fully saturated rings. The van der Waals surface area contributed by atoms with Crippen molar-refractivity contribution in [3.63, 3.8) is 0 Å². The van der Waals surface area contributed by atoms with Gasteiger partial charge in [-0.1, -0.05) is 72.8 Å². The zero-order valence-electron chi connectivity index (χ0n) is 27.1. The first-order chi connectivity index (χ1) is 24.2. The van der Waals surface area contributed by atoms with Crippen molar-refractivity contribution in [2.24, 2.45) is 0 Å². The van der Waals surface area contributed by atoms with Gasteiger partial charge < -0.3 is 20.7 Å². The average Bonchev–Trinajstić information content (AvgIpc) is 3.14. The number of methoxy groups -OCH3 is 1. The lowest BCUT2D eigenvalue weighted by molar-refractivity contribution is -0.115. The van der Waals surface area contributed by atoms with Crippen LogP contribution < -0.4 is 20.7 Å². The first kappa shape index (κ1) is 33.6. The van der Waals surface area contributed by atoms with Crippen LogP contribution in [0.2, 0.25) is 0 Å². The SMILES string of the molecule is COc1ccc(/C=C(/NC(=O)c2ccccc2)C(=O)Nc2cccc(SC(C)C(=O)Nc3cccc4c3C(=O)c3ccccc3C4=O)c2)cc1. The smallest absolute Gasteiger partial charge is 0.272 e. The zero-order chi connectivity index (χ0) is 35.2. The van der Waals surface area contributed by atoms with E-state index in [0.29, 0.717) is 38.6 Å². The van der Waals surface area contributed by atoms with Crippen molar-refractivity contribution < 1.29 is 28.7 Å². The topological polar surface area (TPSA) is 131 Å². The molecule has 5 aromatic rings.